The summed E-state index contributed by atoms with van der Waals surface area (Å²) >= 11 is 0. The molecule has 0 saturated carbocycles. The summed E-state index contributed by atoms with van der Waals surface area (Å²) in [6, 6.07) is 8.63. The van der Waals surface area contributed by atoms with Crippen molar-refractivity contribution in [1.82, 2.24) is 0 Å². The maximum absolute atomic E-state index is 11.1. The van der Waals surface area contributed by atoms with Crippen LogP contribution in [0.2, 0.25) is 0 Å². The van der Waals surface area contributed by atoms with Crippen molar-refractivity contribution in [2.75, 3.05) is 0 Å². The third-order valence-corrected chi connectivity index (χ3v) is 2.36. The van der Waals surface area contributed by atoms with Gasteiger partial charge in [-0.25, -0.2) is 0 Å². The largest absolute Gasteiger partial charge is 0.385 e. The maximum atomic E-state index is 11.1. The predicted molar refractivity (Wildman–Crippen MR) is 52.7 cm³/mol. The van der Waals surface area contributed by atoms with Crippen molar-refractivity contribution in [2.24, 2.45) is 0 Å². The fourth-order valence-corrected chi connectivity index (χ4v) is 1.15. The van der Waals surface area contributed by atoms with E-state index in [4.69, 9.17) is 0 Å². The summed E-state index contributed by atoms with van der Waals surface area (Å²) in [7, 11) is 0. The monoisotopic (exact) mass is 194 g/mol. The van der Waals surface area contributed by atoms with Gasteiger partial charge >= 0.3 is 0 Å². The minimum absolute atomic E-state index is 0.450. The van der Waals surface area contributed by atoms with E-state index in [2.05, 4.69) is 0 Å². The van der Waals surface area contributed by atoms with Crippen LogP contribution in [-0.2, 0) is 4.79 Å². The van der Waals surface area contributed by atoms with Crippen molar-refractivity contribution < 1.29 is 15.0 Å². The minimum atomic E-state index is -1.72. The van der Waals surface area contributed by atoms with E-state index in [1.165, 1.54) is 13.8 Å². The molecule has 0 unspecified atom stereocenters. The molecule has 76 valence electrons. The van der Waals surface area contributed by atoms with E-state index in [1.807, 2.05) is 0 Å². The number of rotatable bonds is 3. The van der Waals surface area contributed by atoms with E-state index in [1.54, 1.807) is 30.3 Å². The number of hydrogen-bond donors (Lipinski definition) is 2. The second kappa shape index (κ2) is 3.90. The number of aliphatic hydroxyl groups is 2. The second-order valence-corrected chi connectivity index (χ2v) is 3.52. The molecular formula is C11H14O3. The Morgan fingerprint density at radius 2 is 1.86 bits per heavy atom. The Labute approximate surface area is 83.0 Å². The summed E-state index contributed by atoms with van der Waals surface area (Å²) in [5.74, 6) is -0.450. The van der Waals surface area contributed by atoms with Crippen molar-refractivity contribution >= 4 is 5.78 Å². The molecular weight excluding hydrogens is 180 g/mol. The van der Waals surface area contributed by atoms with Crippen molar-refractivity contribution in [2.45, 2.75) is 25.6 Å². The van der Waals surface area contributed by atoms with E-state index in [0.29, 0.717) is 5.56 Å². The Kier molecular flexibility index (Phi) is 3.03. The van der Waals surface area contributed by atoms with Gasteiger partial charge in [0.1, 0.15) is 11.7 Å². The number of Topliss-reactive ketones (excluding diaryl/α,β-unsaturated/α-hetero) is 1. The molecule has 0 aromatic heterocycles. The summed E-state index contributed by atoms with van der Waals surface area (Å²) in [5, 5.41) is 19.5. The standard InChI is InChI=1S/C11H14O3/c1-8(12)11(2,14)10(13)9-6-4-3-5-7-9/h3-7,10,13-14H,1-2H3/t10-,11+/m0/s1. The average molecular weight is 194 g/mol. The molecule has 0 aliphatic rings. The third-order valence-electron chi connectivity index (χ3n) is 2.36. The van der Waals surface area contributed by atoms with Crippen molar-refractivity contribution in [1.29, 1.82) is 0 Å². The molecule has 0 aliphatic carbocycles. The SMILES string of the molecule is CC(=O)[C@@](C)(O)[C@@H](O)c1ccccc1. The van der Waals surface area contributed by atoms with Gasteiger partial charge in [0, 0.05) is 0 Å². The molecule has 0 bridgehead atoms. The van der Waals surface area contributed by atoms with Crippen LogP contribution in [0.3, 0.4) is 0 Å². The molecule has 14 heavy (non-hydrogen) atoms. The predicted octanol–water partition coefficient (Wildman–Crippen LogP) is 1.06. The Morgan fingerprint density at radius 1 is 1.36 bits per heavy atom. The van der Waals surface area contributed by atoms with Crippen LogP contribution in [0, 0.1) is 0 Å². The molecule has 0 saturated heterocycles. The first-order valence-electron chi connectivity index (χ1n) is 4.42. The third kappa shape index (κ3) is 2.00. The summed E-state index contributed by atoms with van der Waals surface area (Å²) < 4.78 is 0. The van der Waals surface area contributed by atoms with Gasteiger partial charge in [-0.2, -0.15) is 0 Å². The van der Waals surface area contributed by atoms with Crippen LogP contribution in [0.4, 0.5) is 0 Å². The molecule has 0 fully saturated rings. The van der Waals surface area contributed by atoms with Crippen LogP contribution < -0.4 is 0 Å². The average Bonchev–Trinajstić information content (AvgIpc) is 2.17. The van der Waals surface area contributed by atoms with Gasteiger partial charge in [0.25, 0.3) is 0 Å². The van der Waals surface area contributed by atoms with Crippen molar-refractivity contribution in [3.8, 4) is 0 Å². The Hall–Kier alpha value is -1.19. The first kappa shape index (κ1) is 10.9. The number of benzene rings is 1. The van der Waals surface area contributed by atoms with Crippen molar-refractivity contribution in [3.63, 3.8) is 0 Å². The highest BCUT2D eigenvalue weighted by Gasteiger charge is 2.36. The van der Waals surface area contributed by atoms with Crippen LogP contribution in [0.1, 0.15) is 25.5 Å². The number of hydrogen-bond acceptors (Lipinski definition) is 3. The Morgan fingerprint density at radius 3 is 2.29 bits per heavy atom. The number of aliphatic hydroxyl groups excluding tert-OH is 1. The van der Waals surface area contributed by atoms with Crippen LogP contribution in [-0.4, -0.2) is 21.6 Å². The number of carbonyl (C=O) groups is 1. The highest BCUT2D eigenvalue weighted by Crippen LogP contribution is 2.25. The fourth-order valence-electron chi connectivity index (χ4n) is 1.15. The van der Waals surface area contributed by atoms with Gasteiger partial charge in [0.2, 0.25) is 0 Å². The molecule has 0 radical (unpaired) electrons. The molecule has 2 atom stereocenters. The van der Waals surface area contributed by atoms with Gasteiger partial charge in [-0.05, 0) is 19.4 Å². The van der Waals surface area contributed by atoms with Crippen LogP contribution >= 0.6 is 0 Å². The van der Waals surface area contributed by atoms with Gasteiger partial charge in [-0.1, -0.05) is 30.3 Å². The Bertz CT molecular complexity index is 317. The lowest BCUT2D eigenvalue weighted by molar-refractivity contribution is -0.145. The molecule has 0 aliphatic heterocycles. The topological polar surface area (TPSA) is 57.5 Å². The molecule has 1 rings (SSSR count). The van der Waals surface area contributed by atoms with Crippen LogP contribution in [0.15, 0.2) is 30.3 Å². The van der Waals surface area contributed by atoms with E-state index < -0.39 is 17.5 Å². The Balaban J connectivity index is 2.96. The van der Waals surface area contributed by atoms with E-state index in [9.17, 15) is 15.0 Å². The first-order chi connectivity index (χ1) is 6.46. The van der Waals surface area contributed by atoms with E-state index in [-0.39, 0.29) is 0 Å². The second-order valence-electron chi connectivity index (χ2n) is 3.52. The number of carbonyl (C=O) groups excluding carboxylic acids is 1. The fraction of sp³-hybridized carbons (Fsp3) is 0.364. The number of ketones is 1. The van der Waals surface area contributed by atoms with E-state index in [0.717, 1.165) is 0 Å². The van der Waals surface area contributed by atoms with Gasteiger partial charge in [-0.15, -0.1) is 0 Å². The van der Waals surface area contributed by atoms with Crippen LogP contribution in [0.5, 0.6) is 0 Å². The normalized spacial score (nSPS) is 17.1. The van der Waals surface area contributed by atoms with Crippen LogP contribution in [0.25, 0.3) is 0 Å². The zero-order valence-corrected chi connectivity index (χ0v) is 8.27. The van der Waals surface area contributed by atoms with Gasteiger partial charge in [0.15, 0.2) is 5.78 Å². The van der Waals surface area contributed by atoms with Gasteiger partial charge in [0.05, 0.1) is 0 Å². The molecule has 0 amide bonds. The van der Waals surface area contributed by atoms with Gasteiger partial charge in [-0.3, -0.25) is 4.79 Å². The minimum Gasteiger partial charge on any atom is -0.385 e. The lowest BCUT2D eigenvalue weighted by atomic mass is 9.90. The molecule has 0 spiro atoms. The molecule has 3 heteroatoms. The first-order valence-corrected chi connectivity index (χ1v) is 4.42. The molecule has 3 nitrogen and oxygen atoms in total. The highest BCUT2D eigenvalue weighted by molar-refractivity contribution is 5.85. The lowest BCUT2D eigenvalue weighted by Gasteiger charge is -2.26. The molecule has 2 N–H and O–H groups in total. The highest BCUT2D eigenvalue weighted by atomic mass is 16.3. The molecule has 1 aromatic rings. The lowest BCUT2D eigenvalue weighted by Crippen LogP contribution is -2.39. The maximum Gasteiger partial charge on any atom is 0.164 e. The zero-order chi connectivity index (χ0) is 10.8. The summed E-state index contributed by atoms with van der Waals surface area (Å²) in [5.41, 5.74) is -1.19. The quantitative estimate of drug-likeness (QED) is 0.756. The molecule has 1 aromatic carbocycles. The molecule has 0 heterocycles. The van der Waals surface area contributed by atoms with Crippen molar-refractivity contribution in [3.05, 3.63) is 35.9 Å². The summed E-state index contributed by atoms with van der Waals surface area (Å²) in [6.45, 7) is 2.57. The summed E-state index contributed by atoms with van der Waals surface area (Å²) in [4.78, 5) is 11.1. The zero-order valence-electron chi connectivity index (χ0n) is 8.27. The van der Waals surface area contributed by atoms with Gasteiger partial charge < -0.3 is 10.2 Å². The summed E-state index contributed by atoms with van der Waals surface area (Å²) in [6.07, 6.45) is -1.18. The smallest absolute Gasteiger partial charge is 0.164 e. The van der Waals surface area contributed by atoms with E-state index >= 15 is 0 Å².